The van der Waals surface area contributed by atoms with Crippen molar-refractivity contribution >= 4 is 23.3 Å². The minimum Gasteiger partial charge on any atom is -0.337 e. The van der Waals surface area contributed by atoms with Gasteiger partial charge in [-0.05, 0) is 31.0 Å². The van der Waals surface area contributed by atoms with E-state index in [0.717, 1.165) is 25.0 Å². The van der Waals surface area contributed by atoms with Crippen LogP contribution >= 0.6 is 0 Å². The van der Waals surface area contributed by atoms with Crippen molar-refractivity contribution in [3.05, 3.63) is 54.0 Å². The number of anilines is 1. The van der Waals surface area contributed by atoms with Gasteiger partial charge in [0, 0.05) is 48.8 Å². The molecule has 1 saturated heterocycles. The van der Waals surface area contributed by atoms with Gasteiger partial charge in [0.15, 0.2) is 5.65 Å². The fraction of sp³-hybridized carbons (Fsp3) is 0.350. The summed E-state index contributed by atoms with van der Waals surface area (Å²) in [5.41, 5.74) is 0.367. The molecule has 0 radical (unpaired) electrons. The Morgan fingerprint density at radius 2 is 2.00 bits per heavy atom. The van der Waals surface area contributed by atoms with Crippen molar-refractivity contribution in [2.45, 2.75) is 25.1 Å². The van der Waals surface area contributed by atoms with Gasteiger partial charge in [0.05, 0.1) is 5.56 Å². The largest absolute Gasteiger partial charge is 0.416 e. The molecule has 1 saturated carbocycles. The summed E-state index contributed by atoms with van der Waals surface area (Å²) in [6.45, 7) is 1.22. The number of imidazole rings is 1. The summed E-state index contributed by atoms with van der Waals surface area (Å²) in [5, 5.41) is 8.19. The van der Waals surface area contributed by atoms with Gasteiger partial charge in [-0.2, -0.15) is 13.2 Å². The van der Waals surface area contributed by atoms with E-state index in [0.29, 0.717) is 24.3 Å². The monoisotopic (exact) mass is 432 g/mol. The molecule has 2 aliphatic rings. The van der Waals surface area contributed by atoms with Gasteiger partial charge >= 0.3 is 12.2 Å². The highest BCUT2D eigenvalue weighted by molar-refractivity contribution is 6.00. The number of likely N-dealkylation sites (tertiary alicyclic amines) is 1. The molecule has 162 valence electrons. The molecular weight excluding hydrogens is 413 g/mol. The van der Waals surface area contributed by atoms with Crippen LogP contribution in [0.15, 0.2) is 42.9 Å². The van der Waals surface area contributed by atoms with E-state index in [2.05, 4.69) is 20.7 Å². The van der Waals surface area contributed by atoms with Crippen molar-refractivity contribution in [1.29, 1.82) is 0 Å². The number of halogens is 3. The van der Waals surface area contributed by atoms with E-state index in [1.807, 2.05) is 0 Å². The number of nitrogens with one attached hydrogen (secondary N) is 3. The minimum atomic E-state index is -4.47. The van der Waals surface area contributed by atoms with Crippen molar-refractivity contribution < 1.29 is 22.8 Å². The molecule has 3 amide bonds. The van der Waals surface area contributed by atoms with Gasteiger partial charge in [-0.15, -0.1) is 0 Å². The quantitative estimate of drug-likeness (QED) is 0.594. The molecule has 8 nitrogen and oxygen atoms in total. The van der Waals surface area contributed by atoms with Gasteiger partial charge in [-0.1, -0.05) is 6.07 Å². The first-order chi connectivity index (χ1) is 14.7. The maximum absolute atomic E-state index is 12.8. The van der Waals surface area contributed by atoms with Gasteiger partial charge in [0.1, 0.15) is 5.56 Å². The summed E-state index contributed by atoms with van der Waals surface area (Å²) in [4.78, 5) is 30.8. The molecule has 5 rings (SSSR count). The van der Waals surface area contributed by atoms with Crippen LogP contribution in [0.4, 0.5) is 23.7 Å². The molecule has 3 aromatic rings. The fourth-order valence-electron chi connectivity index (χ4n) is 4.51. The van der Waals surface area contributed by atoms with Crippen LogP contribution in [0.1, 0.15) is 28.8 Å². The number of aromatic nitrogens is 3. The topological polar surface area (TPSA) is 94.5 Å². The highest BCUT2D eigenvalue weighted by Crippen LogP contribution is 2.48. The zero-order valence-corrected chi connectivity index (χ0v) is 16.2. The highest BCUT2D eigenvalue weighted by Gasteiger charge is 2.54. The van der Waals surface area contributed by atoms with Gasteiger partial charge in [0.25, 0.3) is 5.91 Å². The van der Waals surface area contributed by atoms with Crippen LogP contribution in [0, 0.1) is 5.41 Å². The third kappa shape index (κ3) is 3.49. The van der Waals surface area contributed by atoms with Crippen LogP contribution in [-0.4, -0.2) is 50.6 Å². The molecule has 31 heavy (non-hydrogen) atoms. The second-order valence-electron chi connectivity index (χ2n) is 8.25. The molecule has 11 heteroatoms. The van der Waals surface area contributed by atoms with E-state index in [4.69, 9.17) is 0 Å². The molecule has 0 unspecified atom stereocenters. The second kappa shape index (κ2) is 6.76. The third-order valence-electron chi connectivity index (χ3n) is 5.94. The van der Waals surface area contributed by atoms with Crippen LogP contribution in [0.3, 0.4) is 0 Å². The Bertz CT molecular complexity index is 1150. The standard InChI is InChI=1S/C20H19F3N6O2/c21-20(22,23)12-2-1-3-13(6-12)26-18(31)27-14-7-19(8-14)10-28(11-19)17(30)15-9-25-29-5-4-24-16(15)29/h1-6,9,14,25H,7-8,10-11H2,(H2,26,27,31). The maximum Gasteiger partial charge on any atom is 0.416 e. The SMILES string of the molecule is O=C(Nc1cccc(C(F)(F)F)c1)NC1CC2(C1)CN(C(=O)c1c[nH]n3ccnc13)C2. The highest BCUT2D eigenvalue weighted by atomic mass is 19.4. The van der Waals surface area contributed by atoms with Crippen LogP contribution in [0.25, 0.3) is 5.65 Å². The van der Waals surface area contributed by atoms with E-state index in [9.17, 15) is 22.8 Å². The molecule has 1 aromatic carbocycles. The number of H-pyrrole nitrogens is 1. The fourth-order valence-corrected chi connectivity index (χ4v) is 4.51. The lowest BCUT2D eigenvalue weighted by atomic mass is 9.60. The lowest BCUT2D eigenvalue weighted by Crippen LogP contribution is -2.67. The lowest BCUT2D eigenvalue weighted by molar-refractivity contribution is -0.137. The minimum absolute atomic E-state index is 0.00811. The Morgan fingerprint density at radius 3 is 2.74 bits per heavy atom. The van der Waals surface area contributed by atoms with Gasteiger partial charge in [-0.3, -0.25) is 9.89 Å². The Labute approximate surface area is 174 Å². The summed E-state index contributed by atoms with van der Waals surface area (Å²) in [6.07, 6.45) is 1.96. The normalized spacial score (nSPS) is 18.0. The van der Waals surface area contributed by atoms with Crippen molar-refractivity contribution in [3.8, 4) is 0 Å². The third-order valence-corrected chi connectivity index (χ3v) is 5.94. The smallest absolute Gasteiger partial charge is 0.337 e. The number of carbonyl (C=O) groups excluding carboxylic acids is 2. The van der Waals surface area contributed by atoms with Crippen LogP contribution < -0.4 is 10.6 Å². The van der Waals surface area contributed by atoms with Crippen LogP contribution in [0.2, 0.25) is 0 Å². The number of benzene rings is 1. The Hall–Kier alpha value is -3.50. The molecule has 1 aliphatic carbocycles. The predicted molar refractivity (Wildman–Crippen MR) is 104 cm³/mol. The van der Waals surface area contributed by atoms with Crippen molar-refractivity contribution in [3.63, 3.8) is 0 Å². The van der Waals surface area contributed by atoms with Gasteiger partial charge in [-0.25, -0.2) is 14.3 Å². The first-order valence-electron chi connectivity index (χ1n) is 9.77. The van der Waals surface area contributed by atoms with E-state index in [-0.39, 0.29) is 23.1 Å². The van der Waals surface area contributed by atoms with E-state index < -0.39 is 17.8 Å². The van der Waals surface area contributed by atoms with Crippen molar-refractivity contribution in [1.82, 2.24) is 24.8 Å². The molecule has 0 bridgehead atoms. The molecule has 2 aromatic heterocycles. The van der Waals surface area contributed by atoms with Crippen LogP contribution in [0.5, 0.6) is 0 Å². The van der Waals surface area contributed by atoms with Crippen molar-refractivity contribution in [2.24, 2.45) is 5.41 Å². The summed E-state index contributed by atoms with van der Waals surface area (Å²) in [7, 11) is 0. The Kier molecular flexibility index (Phi) is 4.24. The number of hydrogen-bond donors (Lipinski definition) is 3. The van der Waals surface area contributed by atoms with E-state index in [1.54, 1.807) is 28.0 Å². The number of rotatable bonds is 3. The zero-order valence-electron chi connectivity index (χ0n) is 16.2. The Morgan fingerprint density at radius 1 is 1.23 bits per heavy atom. The average Bonchev–Trinajstić information content (AvgIpc) is 3.25. The molecule has 3 heterocycles. The first-order valence-corrected chi connectivity index (χ1v) is 9.77. The average molecular weight is 432 g/mol. The van der Waals surface area contributed by atoms with E-state index >= 15 is 0 Å². The predicted octanol–water partition coefficient (Wildman–Crippen LogP) is 3.11. The number of urea groups is 1. The number of nitrogens with zero attached hydrogens (tertiary/aromatic N) is 3. The summed E-state index contributed by atoms with van der Waals surface area (Å²) >= 11 is 0. The summed E-state index contributed by atoms with van der Waals surface area (Å²) in [6, 6.07) is 3.89. The molecule has 0 atom stereocenters. The lowest BCUT2D eigenvalue weighted by Gasteiger charge is -2.58. The molecule has 3 N–H and O–H groups in total. The molecule has 2 fully saturated rings. The summed E-state index contributed by atoms with van der Waals surface area (Å²) in [5.74, 6) is -0.0817. The number of alkyl halides is 3. The number of fused-ring (bicyclic) bond motifs is 1. The number of hydrogen-bond acceptors (Lipinski definition) is 3. The Balaban J connectivity index is 1.11. The molecule has 1 spiro atoms. The molecule has 1 aliphatic heterocycles. The first kappa shape index (κ1) is 19.5. The summed E-state index contributed by atoms with van der Waals surface area (Å²) < 4.78 is 40.0. The van der Waals surface area contributed by atoms with Crippen molar-refractivity contribution in [2.75, 3.05) is 18.4 Å². The second-order valence-corrected chi connectivity index (χ2v) is 8.25. The maximum atomic E-state index is 12.8. The van der Waals surface area contributed by atoms with Gasteiger partial charge < -0.3 is 15.5 Å². The van der Waals surface area contributed by atoms with Crippen LogP contribution in [-0.2, 0) is 6.18 Å². The zero-order chi connectivity index (χ0) is 21.8. The molecular formula is C20H19F3N6O2. The number of amides is 3. The van der Waals surface area contributed by atoms with Gasteiger partial charge in [0.2, 0.25) is 0 Å². The number of carbonyl (C=O) groups is 2. The van der Waals surface area contributed by atoms with E-state index in [1.165, 1.54) is 12.1 Å². The number of aromatic amines is 1.